The molecule has 26 heavy (non-hydrogen) atoms. The zero-order valence-corrected chi connectivity index (χ0v) is 16.3. The van der Waals surface area contributed by atoms with Crippen molar-refractivity contribution in [2.24, 2.45) is 0 Å². The fraction of sp³-hybridized carbons (Fsp3) is 0.263. The minimum absolute atomic E-state index is 0.0561. The van der Waals surface area contributed by atoms with Crippen LogP contribution in [0.2, 0.25) is 0 Å². The molecule has 0 aliphatic carbocycles. The third-order valence-electron chi connectivity index (χ3n) is 3.59. The first-order chi connectivity index (χ1) is 12.5. The molecule has 0 heterocycles. The smallest absolute Gasteiger partial charge is 0.255 e. The molecule has 0 bridgehead atoms. The first-order valence-corrected chi connectivity index (χ1v) is 8.85. The molecular weight excluding hydrogens is 400 g/mol. The molecule has 7 heteroatoms. The van der Waals surface area contributed by atoms with E-state index in [-0.39, 0.29) is 11.8 Å². The number of methoxy groups -OCH3 is 1. The van der Waals surface area contributed by atoms with E-state index in [1.807, 2.05) is 12.1 Å². The molecule has 0 atom stereocenters. The Morgan fingerprint density at radius 3 is 2.42 bits per heavy atom. The van der Waals surface area contributed by atoms with Crippen LogP contribution in [0.4, 0.5) is 5.69 Å². The number of amides is 2. The quantitative estimate of drug-likeness (QED) is 0.643. The lowest BCUT2D eigenvalue weighted by Crippen LogP contribution is -2.19. The molecule has 0 radical (unpaired) electrons. The number of likely N-dealkylation sites (N-methyl/N-ethyl adjacent to an activating group) is 1. The molecule has 2 rings (SSSR count). The predicted octanol–water partition coefficient (Wildman–Crippen LogP) is 3.02. The highest BCUT2D eigenvalue weighted by molar-refractivity contribution is 9.10. The van der Waals surface area contributed by atoms with E-state index in [2.05, 4.69) is 26.6 Å². The fourth-order valence-corrected chi connectivity index (χ4v) is 2.67. The van der Waals surface area contributed by atoms with E-state index >= 15 is 0 Å². The Hall–Kier alpha value is -2.38. The van der Waals surface area contributed by atoms with Gasteiger partial charge < -0.3 is 20.1 Å². The lowest BCUT2D eigenvalue weighted by molar-refractivity contribution is -0.119. The van der Waals surface area contributed by atoms with Crippen LogP contribution in [0.25, 0.3) is 0 Å². The molecule has 6 nitrogen and oxygen atoms in total. The number of rotatable bonds is 8. The number of hydrogen-bond acceptors (Lipinski definition) is 4. The number of carbonyl (C=O) groups is 2. The van der Waals surface area contributed by atoms with E-state index in [4.69, 9.17) is 9.47 Å². The van der Waals surface area contributed by atoms with Crippen molar-refractivity contribution in [2.45, 2.75) is 6.42 Å². The molecule has 138 valence electrons. The van der Waals surface area contributed by atoms with Gasteiger partial charge in [0.2, 0.25) is 5.91 Å². The Morgan fingerprint density at radius 2 is 1.81 bits per heavy atom. The second-order valence-corrected chi connectivity index (χ2v) is 6.34. The minimum atomic E-state index is -0.229. The Balaban J connectivity index is 1.98. The molecule has 0 aromatic heterocycles. The molecule has 0 unspecified atom stereocenters. The van der Waals surface area contributed by atoms with Gasteiger partial charge in [-0.25, -0.2) is 0 Å². The van der Waals surface area contributed by atoms with Crippen LogP contribution < -0.4 is 15.4 Å². The number of halogens is 1. The second-order valence-electron chi connectivity index (χ2n) is 5.49. The Labute approximate surface area is 161 Å². The van der Waals surface area contributed by atoms with Gasteiger partial charge in [0.1, 0.15) is 12.4 Å². The van der Waals surface area contributed by atoms with Crippen molar-refractivity contribution in [3.05, 3.63) is 58.1 Å². The summed E-state index contributed by atoms with van der Waals surface area (Å²) < 4.78 is 11.2. The summed E-state index contributed by atoms with van der Waals surface area (Å²) in [5.74, 6) is 0.366. The van der Waals surface area contributed by atoms with Gasteiger partial charge in [-0.2, -0.15) is 0 Å². The van der Waals surface area contributed by atoms with Gasteiger partial charge >= 0.3 is 0 Å². The molecule has 0 saturated heterocycles. The zero-order chi connectivity index (χ0) is 18.9. The molecular formula is C19H21BrN2O4. The monoisotopic (exact) mass is 420 g/mol. The van der Waals surface area contributed by atoms with Crippen LogP contribution in [-0.4, -0.2) is 39.2 Å². The van der Waals surface area contributed by atoms with E-state index in [1.165, 1.54) is 0 Å². The average molecular weight is 421 g/mol. The second kappa shape index (κ2) is 9.94. The van der Waals surface area contributed by atoms with Gasteiger partial charge in [0.05, 0.1) is 17.5 Å². The third kappa shape index (κ3) is 5.86. The maximum atomic E-state index is 12.4. The summed E-state index contributed by atoms with van der Waals surface area (Å²) in [7, 11) is 3.21. The van der Waals surface area contributed by atoms with E-state index < -0.39 is 0 Å². The number of ether oxygens (including phenoxy) is 2. The maximum Gasteiger partial charge on any atom is 0.255 e. The Bertz CT molecular complexity index is 763. The van der Waals surface area contributed by atoms with Gasteiger partial charge in [0.25, 0.3) is 5.91 Å². The standard InChI is InChI=1S/C19H21BrN2O4/c1-21-18(23)11-13-3-6-15(7-4-13)22-19(24)14-5-8-17(16(20)12-14)26-10-9-25-2/h3-8,12H,9-11H2,1-2H3,(H,21,23)(H,22,24). The molecule has 2 aromatic rings. The molecule has 0 spiro atoms. The summed E-state index contributed by atoms with van der Waals surface area (Å²) >= 11 is 3.41. The maximum absolute atomic E-state index is 12.4. The first kappa shape index (κ1) is 19.9. The van der Waals surface area contributed by atoms with Crippen molar-refractivity contribution >= 4 is 33.4 Å². The van der Waals surface area contributed by atoms with Gasteiger partial charge in [0.15, 0.2) is 0 Å². The SMILES string of the molecule is CNC(=O)Cc1ccc(NC(=O)c2ccc(OCCOC)c(Br)c2)cc1. The van der Waals surface area contributed by atoms with Crippen molar-refractivity contribution in [2.75, 3.05) is 32.7 Å². The largest absolute Gasteiger partial charge is 0.490 e. The van der Waals surface area contributed by atoms with E-state index in [0.717, 1.165) is 5.56 Å². The van der Waals surface area contributed by atoms with Crippen LogP contribution in [0.3, 0.4) is 0 Å². The molecule has 0 fully saturated rings. The van der Waals surface area contributed by atoms with Gasteiger partial charge in [0, 0.05) is 25.4 Å². The van der Waals surface area contributed by atoms with Crippen LogP contribution in [-0.2, 0) is 16.0 Å². The summed E-state index contributed by atoms with van der Waals surface area (Å²) in [6.07, 6.45) is 0.308. The first-order valence-electron chi connectivity index (χ1n) is 8.05. The van der Waals surface area contributed by atoms with E-state index in [0.29, 0.717) is 41.1 Å². The number of benzene rings is 2. The summed E-state index contributed by atoms with van der Waals surface area (Å²) in [4.78, 5) is 23.8. The topological polar surface area (TPSA) is 76.7 Å². The lowest BCUT2D eigenvalue weighted by Gasteiger charge is -2.10. The van der Waals surface area contributed by atoms with Crippen LogP contribution >= 0.6 is 15.9 Å². The van der Waals surface area contributed by atoms with Crippen LogP contribution in [0.15, 0.2) is 46.9 Å². The normalized spacial score (nSPS) is 10.3. The molecule has 0 aliphatic rings. The van der Waals surface area contributed by atoms with E-state index in [1.54, 1.807) is 44.5 Å². The summed E-state index contributed by atoms with van der Waals surface area (Å²) in [6.45, 7) is 0.924. The molecule has 0 aliphatic heterocycles. The van der Waals surface area contributed by atoms with Crippen LogP contribution in [0.1, 0.15) is 15.9 Å². The predicted molar refractivity (Wildman–Crippen MR) is 104 cm³/mol. The van der Waals surface area contributed by atoms with Crippen molar-refractivity contribution in [3.8, 4) is 5.75 Å². The number of hydrogen-bond donors (Lipinski definition) is 2. The Morgan fingerprint density at radius 1 is 1.08 bits per heavy atom. The highest BCUT2D eigenvalue weighted by Gasteiger charge is 2.10. The summed E-state index contributed by atoms with van der Waals surface area (Å²) in [5.41, 5.74) is 2.04. The van der Waals surface area contributed by atoms with Gasteiger partial charge in [-0.3, -0.25) is 9.59 Å². The van der Waals surface area contributed by atoms with Crippen molar-refractivity contribution in [1.82, 2.24) is 5.32 Å². The van der Waals surface area contributed by atoms with Gasteiger partial charge in [-0.1, -0.05) is 12.1 Å². The molecule has 2 N–H and O–H groups in total. The van der Waals surface area contributed by atoms with Crippen molar-refractivity contribution < 1.29 is 19.1 Å². The molecule has 2 aromatic carbocycles. The van der Waals surface area contributed by atoms with Crippen LogP contribution in [0.5, 0.6) is 5.75 Å². The average Bonchev–Trinajstić information content (AvgIpc) is 2.64. The lowest BCUT2D eigenvalue weighted by atomic mass is 10.1. The number of anilines is 1. The van der Waals surface area contributed by atoms with Crippen LogP contribution in [0, 0.1) is 0 Å². The Kier molecular flexibility index (Phi) is 7.62. The number of carbonyl (C=O) groups excluding carboxylic acids is 2. The van der Waals surface area contributed by atoms with Crippen molar-refractivity contribution in [1.29, 1.82) is 0 Å². The van der Waals surface area contributed by atoms with Gasteiger partial charge in [-0.05, 0) is 51.8 Å². The van der Waals surface area contributed by atoms with Crippen molar-refractivity contribution in [3.63, 3.8) is 0 Å². The third-order valence-corrected chi connectivity index (χ3v) is 4.21. The summed E-state index contributed by atoms with van der Waals surface area (Å²) in [5, 5.41) is 5.41. The number of nitrogens with one attached hydrogen (secondary N) is 2. The highest BCUT2D eigenvalue weighted by atomic mass is 79.9. The van der Waals surface area contributed by atoms with Gasteiger partial charge in [-0.15, -0.1) is 0 Å². The molecule has 2 amide bonds. The van der Waals surface area contributed by atoms with E-state index in [9.17, 15) is 9.59 Å². The summed E-state index contributed by atoms with van der Waals surface area (Å²) in [6, 6.07) is 12.3. The minimum Gasteiger partial charge on any atom is -0.490 e. The highest BCUT2D eigenvalue weighted by Crippen LogP contribution is 2.26. The molecule has 0 saturated carbocycles. The fourth-order valence-electron chi connectivity index (χ4n) is 2.18. The zero-order valence-electron chi connectivity index (χ0n) is 14.7.